The first-order valence-electron chi connectivity index (χ1n) is 5.69. The van der Waals surface area contributed by atoms with E-state index in [0.717, 1.165) is 6.07 Å². The molecule has 0 aliphatic carbocycles. The van der Waals surface area contributed by atoms with Crippen molar-refractivity contribution in [3.63, 3.8) is 0 Å². The Labute approximate surface area is 129 Å². The van der Waals surface area contributed by atoms with Crippen molar-refractivity contribution < 1.29 is 13.3 Å². The minimum absolute atomic E-state index is 0.0794. The van der Waals surface area contributed by atoms with Gasteiger partial charge >= 0.3 is 0 Å². The smallest absolute Gasteiger partial charge is 0.263 e. The van der Waals surface area contributed by atoms with E-state index in [1.807, 2.05) is 0 Å². The summed E-state index contributed by atoms with van der Waals surface area (Å²) in [7, 11) is -4.10. The van der Waals surface area contributed by atoms with E-state index in [4.69, 9.17) is 0 Å². The van der Waals surface area contributed by atoms with Crippen molar-refractivity contribution in [3.8, 4) is 0 Å². The van der Waals surface area contributed by atoms with Crippen molar-refractivity contribution in [1.29, 1.82) is 0 Å². The van der Waals surface area contributed by atoms with Crippen molar-refractivity contribution in [2.45, 2.75) is 11.8 Å². The number of halogens is 1. The predicted molar refractivity (Wildman–Crippen MR) is 80.6 cm³/mol. The van der Waals surface area contributed by atoms with Crippen LogP contribution in [0.5, 0.6) is 0 Å². The van der Waals surface area contributed by atoms with Crippen LogP contribution in [0.25, 0.3) is 0 Å². The Balaban J connectivity index is 2.49. The SMILES string of the molecule is Cc1cccc([N+](=O)[O-])c1S(=O)(=O)Nc1ccc(Br)cn1. The van der Waals surface area contributed by atoms with Gasteiger partial charge in [0.25, 0.3) is 15.7 Å². The largest absolute Gasteiger partial charge is 0.290 e. The summed E-state index contributed by atoms with van der Waals surface area (Å²) < 4.78 is 27.7. The second-order valence-electron chi connectivity index (χ2n) is 4.15. The number of nitro groups is 1. The maximum Gasteiger partial charge on any atom is 0.290 e. The second kappa shape index (κ2) is 5.78. The summed E-state index contributed by atoms with van der Waals surface area (Å²) >= 11 is 3.18. The standard InChI is InChI=1S/C12H10BrN3O4S/c1-8-3-2-4-10(16(17)18)12(8)21(19,20)15-11-6-5-9(13)7-14-11/h2-7H,1H3,(H,14,15). The van der Waals surface area contributed by atoms with Crippen LogP contribution in [0.2, 0.25) is 0 Å². The van der Waals surface area contributed by atoms with E-state index in [1.165, 1.54) is 31.3 Å². The lowest BCUT2D eigenvalue weighted by Crippen LogP contribution is -2.16. The molecule has 0 saturated carbocycles. The summed E-state index contributed by atoms with van der Waals surface area (Å²) in [6.07, 6.45) is 1.42. The van der Waals surface area contributed by atoms with E-state index in [9.17, 15) is 18.5 Å². The zero-order chi connectivity index (χ0) is 15.6. The third kappa shape index (κ3) is 3.37. The van der Waals surface area contributed by atoms with Crippen LogP contribution in [-0.2, 0) is 10.0 Å². The van der Waals surface area contributed by atoms with Gasteiger partial charge in [-0.1, -0.05) is 12.1 Å². The molecular weight excluding hydrogens is 362 g/mol. The van der Waals surface area contributed by atoms with Gasteiger partial charge in [0.05, 0.1) is 4.92 Å². The van der Waals surface area contributed by atoms with Gasteiger partial charge in [0.1, 0.15) is 5.82 Å². The van der Waals surface area contributed by atoms with Gasteiger partial charge < -0.3 is 0 Å². The van der Waals surface area contributed by atoms with Crippen LogP contribution in [0.15, 0.2) is 45.9 Å². The summed E-state index contributed by atoms with van der Waals surface area (Å²) in [5, 5.41) is 11.0. The minimum atomic E-state index is -4.10. The number of hydrogen-bond donors (Lipinski definition) is 1. The molecule has 110 valence electrons. The quantitative estimate of drug-likeness (QED) is 0.657. The average Bonchev–Trinajstić information content (AvgIpc) is 2.40. The van der Waals surface area contributed by atoms with Gasteiger partial charge in [-0.05, 0) is 40.5 Å². The molecule has 1 aromatic heterocycles. The first kappa shape index (κ1) is 15.4. The van der Waals surface area contributed by atoms with Gasteiger partial charge in [0.2, 0.25) is 0 Å². The number of nitrogens with zero attached hydrogens (tertiary/aromatic N) is 2. The number of pyridine rings is 1. The number of hydrogen-bond acceptors (Lipinski definition) is 5. The maximum atomic E-state index is 12.4. The van der Waals surface area contributed by atoms with Crippen LogP contribution >= 0.6 is 15.9 Å². The molecule has 0 bridgehead atoms. The molecule has 0 radical (unpaired) electrons. The monoisotopic (exact) mass is 371 g/mol. The van der Waals surface area contributed by atoms with E-state index >= 15 is 0 Å². The molecule has 1 heterocycles. The number of benzene rings is 1. The molecule has 0 saturated heterocycles. The van der Waals surface area contributed by atoms with E-state index in [-0.39, 0.29) is 16.3 Å². The number of nitro benzene ring substituents is 1. The van der Waals surface area contributed by atoms with Crippen molar-refractivity contribution in [2.24, 2.45) is 0 Å². The Morgan fingerprint density at radius 2 is 2.00 bits per heavy atom. The number of aromatic nitrogens is 1. The van der Waals surface area contributed by atoms with E-state index in [0.29, 0.717) is 4.47 Å². The molecule has 0 unspecified atom stereocenters. The molecule has 21 heavy (non-hydrogen) atoms. The molecule has 9 heteroatoms. The Morgan fingerprint density at radius 3 is 2.57 bits per heavy atom. The van der Waals surface area contributed by atoms with Crippen LogP contribution in [0.3, 0.4) is 0 Å². The van der Waals surface area contributed by atoms with Crippen LogP contribution in [0, 0.1) is 17.0 Å². The lowest BCUT2D eigenvalue weighted by molar-refractivity contribution is -0.387. The molecule has 2 rings (SSSR count). The van der Waals surface area contributed by atoms with E-state index in [2.05, 4.69) is 25.6 Å². The molecule has 0 fully saturated rings. The third-order valence-corrected chi connectivity index (χ3v) is 4.64. The first-order chi connectivity index (χ1) is 9.81. The van der Waals surface area contributed by atoms with Crippen molar-refractivity contribution in [2.75, 3.05) is 4.72 Å². The topological polar surface area (TPSA) is 102 Å². The van der Waals surface area contributed by atoms with Crippen LogP contribution < -0.4 is 4.72 Å². The van der Waals surface area contributed by atoms with Crippen LogP contribution in [-0.4, -0.2) is 18.3 Å². The van der Waals surface area contributed by atoms with Crippen molar-refractivity contribution in [1.82, 2.24) is 4.98 Å². The van der Waals surface area contributed by atoms with Crippen molar-refractivity contribution >= 4 is 37.5 Å². The van der Waals surface area contributed by atoms with Gasteiger partial charge in [-0.25, -0.2) is 13.4 Å². The number of rotatable bonds is 4. The van der Waals surface area contributed by atoms with Gasteiger partial charge in [-0.3, -0.25) is 14.8 Å². The second-order valence-corrected chi connectivity index (χ2v) is 6.68. The van der Waals surface area contributed by atoms with Gasteiger partial charge in [0.15, 0.2) is 4.90 Å². The number of anilines is 1. The Kier molecular flexibility index (Phi) is 4.24. The van der Waals surface area contributed by atoms with Crippen molar-refractivity contribution in [3.05, 3.63) is 56.7 Å². The number of aryl methyl sites for hydroxylation is 1. The van der Waals surface area contributed by atoms with E-state index in [1.54, 1.807) is 6.07 Å². The summed E-state index contributed by atoms with van der Waals surface area (Å²) in [5.41, 5.74) is -0.187. The predicted octanol–water partition coefficient (Wildman–Crippen LogP) is 2.86. The highest BCUT2D eigenvalue weighted by atomic mass is 79.9. The summed E-state index contributed by atoms with van der Waals surface area (Å²) in [6.45, 7) is 1.50. The Morgan fingerprint density at radius 1 is 1.29 bits per heavy atom. The zero-order valence-electron chi connectivity index (χ0n) is 10.8. The highest BCUT2D eigenvalue weighted by molar-refractivity contribution is 9.10. The lowest BCUT2D eigenvalue weighted by atomic mass is 10.2. The third-order valence-electron chi connectivity index (χ3n) is 2.62. The molecule has 0 aliphatic heterocycles. The molecule has 0 aliphatic rings. The van der Waals surface area contributed by atoms with Gasteiger partial charge in [0, 0.05) is 16.7 Å². The molecule has 1 aromatic carbocycles. The normalized spacial score (nSPS) is 11.1. The first-order valence-corrected chi connectivity index (χ1v) is 7.97. The highest BCUT2D eigenvalue weighted by Crippen LogP contribution is 2.28. The van der Waals surface area contributed by atoms with Gasteiger partial charge in [-0.15, -0.1) is 0 Å². The maximum absolute atomic E-state index is 12.4. The summed E-state index contributed by atoms with van der Waals surface area (Å²) in [4.78, 5) is 13.8. The number of sulfonamides is 1. The van der Waals surface area contributed by atoms with Crippen LogP contribution in [0.1, 0.15) is 5.56 Å². The fraction of sp³-hybridized carbons (Fsp3) is 0.0833. The summed E-state index contributed by atoms with van der Waals surface area (Å²) in [6, 6.07) is 7.14. The van der Waals surface area contributed by atoms with Gasteiger partial charge in [-0.2, -0.15) is 0 Å². The Bertz CT molecular complexity index is 791. The Hall–Kier alpha value is -2.00. The summed E-state index contributed by atoms with van der Waals surface area (Å²) in [5.74, 6) is 0.0794. The van der Waals surface area contributed by atoms with E-state index < -0.39 is 20.6 Å². The molecule has 1 N–H and O–H groups in total. The molecule has 0 spiro atoms. The molecule has 0 atom stereocenters. The highest BCUT2D eigenvalue weighted by Gasteiger charge is 2.28. The fourth-order valence-electron chi connectivity index (χ4n) is 1.76. The molecule has 0 amide bonds. The minimum Gasteiger partial charge on any atom is -0.263 e. The van der Waals surface area contributed by atoms with Crippen LogP contribution in [0.4, 0.5) is 11.5 Å². The zero-order valence-corrected chi connectivity index (χ0v) is 13.2. The molecule has 7 nitrogen and oxygen atoms in total. The average molecular weight is 372 g/mol. The molecular formula is C12H10BrN3O4S. The fourth-order valence-corrected chi connectivity index (χ4v) is 3.40. The lowest BCUT2D eigenvalue weighted by Gasteiger charge is -2.10. The number of nitrogens with one attached hydrogen (secondary N) is 1. The molecule has 2 aromatic rings.